The van der Waals surface area contributed by atoms with E-state index in [-0.39, 0.29) is 18.1 Å². The van der Waals surface area contributed by atoms with Crippen molar-refractivity contribution >= 4 is 28.5 Å². The van der Waals surface area contributed by atoms with Gasteiger partial charge in [0.1, 0.15) is 29.8 Å². The molecule has 0 radical (unpaired) electrons. The fourth-order valence-electron chi connectivity index (χ4n) is 4.02. The van der Waals surface area contributed by atoms with Crippen LogP contribution in [-0.2, 0) is 16.0 Å². The molecular formula is C24H31FN6O4. The predicted molar refractivity (Wildman–Crippen MR) is 129 cm³/mol. The summed E-state index contributed by atoms with van der Waals surface area (Å²) in [5.41, 5.74) is 0.692. The Bertz CT molecular complexity index is 1170. The number of aromatic amines is 1. The minimum absolute atomic E-state index is 0.0691. The van der Waals surface area contributed by atoms with Gasteiger partial charge in [-0.2, -0.15) is 5.10 Å². The van der Waals surface area contributed by atoms with Gasteiger partial charge in [-0.15, -0.1) is 0 Å². The van der Waals surface area contributed by atoms with E-state index < -0.39 is 11.8 Å². The third-order valence-electron chi connectivity index (χ3n) is 5.66. The van der Waals surface area contributed by atoms with Crippen LogP contribution >= 0.6 is 0 Å². The number of fused-ring (bicyclic) bond motifs is 1. The second-order valence-corrected chi connectivity index (χ2v) is 9.61. The zero-order chi connectivity index (χ0) is 25.0. The number of carbonyl (C=O) groups is 1. The van der Waals surface area contributed by atoms with Gasteiger partial charge in [0.05, 0.1) is 29.5 Å². The summed E-state index contributed by atoms with van der Waals surface area (Å²) in [6, 6.07) is 4.26. The molecule has 10 nitrogen and oxygen atoms in total. The van der Waals surface area contributed by atoms with Crippen LogP contribution in [0.5, 0.6) is 5.75 Å². The van der Waals surface area contributed by atoms with Crippen molar-refractivity contribution in [3.05, 3.63) is 36.0 Å². The molecule has 0 aliphatic carbocycles. The topological polar surface area (TPSA) is 125 Å². The van der Waals surface area contributed by atoms with Crippen LogP contribution in [0.25, 0.3) is 10.9 Å². The maximum atomic E-state index is 14.4. The van der Waals surface area contributed by atoms with Gasteiger partial charge in [0.15, 0.2) is 5.82 Å². The van der Waals surface area contributed by atoms with Gasteiger partial charge in [-0.1, -0.05) is 0 Å². The number of halogens is 1. The Morgan fingerprint density at radius 1 is 1.26 bits per heavy atom. The zero-order valence-corrected chi connectivity index (χ0v) is 20.2. The average Bonchev–Trinajstić information content (AvgIpc) is 3.20. The number of benzene rings is 1. The molecule has 3 aromatic rings. The summed E-state index contributed by atoms with van der Waals surface area (Å²) in [5.74, 6) is -0.264. The highest BCUT2D eigenvalue weighted by Gasteiger charge is 2.23. The Kier molecular flexibility index (Phi) is 7.46. The van der Waals surface area contributed by atoms with Crippen molar-refractivity contribution in [2.24, 2.45) is 0 Å². The number of piperidine rings is 1. The minimum atomic E-state index is -0.966. The molecule has 0 bridgehead atoms. The van der Waals surface area contributed by atoms with Gasteiger partial charge in [0.25, 0.3) is 0 Å². The highest BCUT2D eigenvalue weighted by atomic mass is 19.1. The van der Waals surface area contributed by atoms with Crippen LogP contribution in [0.15, 0.2) is 24.5 Å². The molecule has 1 fully saturated rings. The lowest BCUT2D eigenvalue weighted by atomic mass is 10.1. The van der Waals surface area contributed by atoms with Crippen molar-refractivity contribution in [1.29, 1.82) is 0 Å². The Labute approximate surface area is 202 Å². The van der Waals surface area contributed by atoms with Crippen molar-refractivity contribution in [2.75, 3.05) is 31.6 Å². The summed E-state index contributed by atoms with van der Waals surface area (Å²) in [6.07, 6.45) is 2.70. The number of ether oxygens (including phenoxy) is 2. The highest BCUT2D eigenvalue weighted by Crippen LogP contribution is 2.34. The molecular weight excluding hydrogens is 455 g/mol. The summed E-state index contributed by atoms with van der Waals surface area (Å²) >= 11 is 0. The summed E-state index contributed by atoms with van der Waals surface area (Å²) in [5, 5.41) is 19.3. The summed E-state index contributed by atoms with van der Waals surface area (Å²) < 4.78 is 26.5. The molecule has 2 aromatic heterocycles. The van der Waals surface area contributed by atoms with Gasteiger partial charge >= 0.3 is 5.97 Å². The van der Waals surface area contributed by atoms with E-state index in [0.29, 0.717) is 40.6 Å². The number of carboxylic acid groups (broad SMARTS) is 1. The van der Waals surface area contributed by atoms with Gasteiger partial charge in [-0.05, 0) is 33.6 Å². The monoisotopic (exact) mass is 486 g/mol. The smallest absolute Gasteiger partial charge is 0.309 e. The number of rotatable bonds is 9. The first-order valence-corrected chi connectivity index (χ1v) is 11.7. The van der Waals surface area contributed by atoms with Gasteiger partial charge in [-0.25, -0.2) is 14.4 Å². The molecule has 0 saturated carbocycles. The molecule has 3 N–H and O–H groups in total. The Hall–Kier alpha value is -3.31. The SMILES string of the molecule is CC(C)(C)OCCN1CCC(Oc2cc(F)cc3ncnc(Nc4cc(CC(=O)O)[nH]n4)c23)CC1. The van der Waals surface area contributed by atoms with Crippen LogP contribution < -0.4 is 10.1 Å². The van der Waals surface area contributed by atoms with Gasteiger partial charge < -0.3 is 24.8 Å². The first kappa shape index (κ1) is 24.8. The fourth-order valence-corrected chi connectivity index (χ4v) is 4.02. The molecule has 3 heterocycles. The molecule has 0 amide bonds. The van der Waals surface area contributed by atoms with Gasteiger partial charge in [-0.3, -0.25) is 9.89 Å². The first-order chi connectivity index (χ1) is 16.7. The molecule has 188 valence electrons. The van der Waals surface area contributed by atoms with E-state index in [2.05, 4.69) is 30.4 Å². The molecule has 0 unspecified atom stereocenters. The normalized spacial score (nSPS) is 15.4. The molecule has 1 aliphatic heterocycles. The Balaban J connectivity index is 1.46. The number of aromatic nitrogens is 4. The van der Waals surface area contributed by atoms with Crippen molar-refractivity contribution < 1.29 is 23.8 Å². The molecule has 11 heteroatoms. The average molecular weight is 487 g/mol. The van der Waals surface area contributed by atoms with E-state index in [9.17, 15) is 9.18 Å². The molecule has 4 rings (SSSR count). The van der Waals surface area contributed by atoms with Gasteiger partial charge in [0, 0.05) is 43.5 Å². The number of anilines is 2. The summed E-state index contributed by atoms with van der Waals surface area (Å²) in [4.78, 5) is 21.8. The fraction of sp³-hybridized carbons (Fsp3) is 0.500. The second-order valence-electron chi connectivity index (χ2n) is 9.61. The highest BCUT2D eigenvalue weighted by molar-refractivity contribution is 5.95. The zero-order valence-electron chi connectivity index (χ0n) is 20.2. The van der Waals surface area contributed by atoms with E-state index in [4.69, 9.17) is 14.6 Å². The van der Waals surface area contributed by atoms with Crippen molar-refractivity contribution in [1.82, 2.24) is 25.1 Å². The lowest BCUT2D eigenvalue weighted by molar-refractivity contribution is -0.136. The largest absolute Gasteiger partial charge is 0.489 e. The number of nitrogens with zero attached hydrogens (tertiary/aromatic N) is 4. The number of likely N-dealkylation sites (tertiary alicyclic amines) is 1. The quantitative estimate of drug-likeness (QED) is 0.416. The molecule has 1 aliphatic rings. The van der Waals surface area contributed by atoms with Gasteiger partial charge in [0.2, 0.25) is 0 Å². The third kappa shape index (κ3) is 6.86. The van der Waals surface area contributed by atoms with Crippen LogP contribution in [-0.4, -0.2) is 74.1 Å². The first-order valence-electron chi connectivity index (χ1n) is 11.7. The minimum Gasteiger partial charge on any atom is -0.489 e. The number of carboxylic acids is 1. The van der Waals surface area contributed by atoms with Crippen LogP contribution in [0.2, 0.25) is 0 Å². The summed E-state index contributed by atoms with van der Waals surface area (Å²) in [7, 11) is 0. The van der Waals surface area contributed by atoms with E-state index in [1.54, 1.807) is 6.07 Å². The third-order valence-corrected chi connectivity index (χ3v) is 5.66. The van der Waals surface area contributed by atoms with Crippen molar-refractivity contribution in [2.45, 2.75) is 51.7 Å². The van der Waals surface area contributed by atoms with Crippen molar-refractivity contribution in [3.8, 4) is 5.75 Å². The number of H-pyrrole nitrogens is 1. The van der Waals surface area contributed by atoms with Crippen LogP contribution in [0.1, 0.15) is 39.3 Å². The molecule has 1 aromatic carbocycles. The van der Waals surface area contributed by atoms with E-state index >= 15 is 0 Å². The predicted octanol–water partition coefficient (Wildman–Crippen LogP) is 3.52. The van der Waals surface area contributed by atoms with Crippen LogP contribution in [0, 0.1) is 5.82 Å². The van der Waals surface area contributed by atoms with E-state index in [1.165, 1.54) is 18.5 Å². The number of aliphatic carboxylic acids is 1. The number of nitrogens with one attached hydrogen (secondary N) is 2. The second kappa shape index (κ2) is 10.5. The van der Waals surface area contributed by atoms with E-state index in [1.807, 2.05) is 20.8 Å². The molecule has 35 heavy (non-hydrogen) atoms. The van der Waals surface area contributed by atoms with Crippen LogP contribution in [0.4, 0.5) is 16.0 Å². The Morgan fingerprint density at radius 3 is 2.74 bits per heavy atom. The van der Waals surface area contributed by atoms with Crippen molar-refractivity contribution in [3.63, 3.8) is 0 Å². The number of hydrogen-bond acceptors (Lipinski definition) is 8. The lowest BCUT2D eigenvalue weighted by Crippen LogP contribution is -2.40. The molecule has 0 atom stereocenters. The molecule has 0 spiro atoms. The molecule has 1 saturated heterocycles. The maximum Gasteiger partial charge on any atom is 0.309 e. The van der Waals surface area contributed by atoms with Crippen LogP contribution in [0.3, 0.4) is 0 Å². The lowest BCUT2D eigenvalue weighted by Gasteiger charge is -2.33. The number of hydrogen-bond donors (Lipinski definition) is 3. The van der Waals surface area contributed by atoms with E-state index in [0.717, 1.165) is 32.5 Å². The standard InChI is InChI=1S/C24H31FN6O4/c1-24(2,3)34-9-8-31-6-4-17(5-7-31)35-19-11-15(25)10-18-22(19)23(27-14-26-18)28-20-12-16(29-30-20)13-21(32)33/h10-12,14,17H,4-9,13H2,1-3H3,(H,32,33)(H2,26,27,28,29,30). The maximum absolute atomic E-state index is 14.4. The Morgan fingerprint density at radius 2 is 2.03 bits per heavy atom. The summed E-state index contributed by atoms with van der Waals surface area (Å²) in [6.45, 7) is 9.41.